The second kappa shape index (κ2) is 8.26. The Morgan fingerprint density at radius 3 is 2.52 bits per heavy atom. The van der Waals surface area contributed by atoms with E-state index in [1.807, 2.05) is 24.3 Å². The maximum absolute atomic E-state index is 12.5. The SMILES string of the molecule is COc1ccc(-n2nc3c(c2NC(=O)COc2ccc(Cl)cc2)C[S@@](=O)C3)cc1. The minimum Gasteiger partial charge on any atom is -0.497 e. The highest BCUT2D eigenvalue weighted by Crippen LogP contribution is 2.31. The fraction of sp³-hybridized carbons (Fsp3) is 0.200. The summed E-state index contributed by atoms with van der Waals surface area (Å²) in [5.74, 6) is 2.17. The lowest BCUT2D eigenvalue weighted by atomic mass is 10.2. The lowest BCUT2D eigenvalue weighted by Gasteiger charge is -2.12. The summed E-state index contributed by atoms with van der Waals surface area (Å²) >= 11 is 5.85. The fourth-order valence-corrected chi connectivity index (χ4v) is 4.40. The van der Waals surface area contributed by atoms with Crippen LogP contribution in [0.3, 0.4) is 0 Å². The van der Waals surface area contributed by atoms with Gasteiger partial charge in [-0.1, -0.05) is 11.6 Å². The molecule has 0 saturated heterocycles. The summed E-state index contributed by atoms with van der Waals surface area (Å²) in [5.41, 5.74) is 2.28. The van der Waals surface area contributed by atoms with E-state index >= 15 is 0 Å². The largest absolute Gasteiger partial charge is 0.497 e. The van der Waals surface area contributed by atoms with Gasteiger partial charge in [0.25, 0.3) is 5.91 Å². The average molecular weight is 432 g/mol. The van der Waals surface area contributed by atoms with Crippen molar-refractivity contribution in [1.82, 2.24) is 9.78 Å². The predicted octanol–water partition coefficient (Wildman–Crippen LogP) is 3.31. The van der Waals surface area contributed by atoms with Gasteiger partial charge in [-0.05, 0) is 48.5 Å². The molecule has 0 aliphatic carbocycles. The molecule has 1 atom stereocenters. The van der Waals surface area contributed by atoms with Crippen LogP contribution in [0.4, 0.5) is 5.82 Å². The van der Waals surface area contributed by atoms with Crippen molar-refractivity contribution in [3.63, 3.8) is 0 Å². The van der Waals surface area contributed by atoms with Gasteiger partial charge in [-0.2, -0.15) is 5.10 Å². The molecule has 9 heteroatoms. The van der Waals surface area contributed by atoms with E-state index < -0.39 is 10.8 Å². The molecule has 2 heterocycles. The quantitative estimate of drug-likeness (QED) is 0.647. The van der Waals surface area contributed by atoms with E-state index in [4.69, 9.17) is 21.1 Å². The number of halogens is 1. The van der Waals surface area contributed by atoms with E-state index in [2.05, 4.69) is 10.4 Å². The third-order valence-corrected chi connectivity index (χ3v) is 5.89. The van der Waals surface area contributed by atoms with E-state index in [0.29, 0.717) is 28.1 Å². The summed E-state index contributed by atoms with van der Waals surface area (Å²) in [6.45, 7) is -0.173. The lowest BCUT2D eigenvalue weighted by Crippen LogP contribution is -2.22. The number of hydrogen-bond donors (Lipinski definition) is 1. The van der Waals surface area contributed by atoms with Crippen LogP contribution in [0.25, 0.3) is 5.69 Å². The van der Waals surface area contributed by atoms with Gasteiger partial charge in [-0.15, -0.1) is 0 Å². The van der Waals surface area contributed by atoms with Crippen LogP contribution in [0.2, 0.25) is 5.02 Å². The molecule has 0 fully saturated rings. The molecular weight excluding hydrogens is 414 g/mol. The van der Waals surface area contributed by atoms with Gasteiger partial charge in [0, 0.05) is 21.4 Å². The molecular formula is C20H18ClN3O4S. The third-order valence-electron chi connectivity index (χ3n) is 4.43. The molecule has 1 amide bonds. The Morgan fingerprint density at radius 1 is 1.14 bits per heavy atom. The first-order chi connectivity index (χ1) is 14.0. The van der Waals surface area contributed by atoms with Gasteiger partial charge < -0.3 is 14.8 Å². The van der Waals surface area contributed by atoms with Crippen LogP contribution in [-0.4, -0.2) is 33.6 Å². The van der Waals surface area contributed by atoms with Crippen LogP contribution in [-0.2, 0) is 27.1 Å². The number of nitrogens with one attached hydrogen (secondary N) is 1. The summed E-state index contributed by atoms with van der Waals surface area (Å²) in [6.07, 6.45) is 0. The van der Waals surface area contributed by atoms with Crippen molar-refractivity contribution in [3.8, 4) is 17.2 Å². The second-order valence-corrected chi connectivity index (χ2v) is 8.30. The topological polar surface area (TPSA) is 82.4 Å². The van der Waals surface area contributed by atoms with Gasteiger partial charge in [0.2, 0.25) is 0 Å². The number of carbonyl (C=O) groups excluding carboxylic acids is 1. The van der Waals surface area contributed by atoms with Crippen LogP contribution in [0, 0.1) is 0 Å². The van der Waals surface area contributed by atoms with Gasteiger partial charge in [0.1, 0.15) is 17.3 Å². The van der Waals surface area contributed by atoms with Crippen molar-refractivity contribution in [2.75, 3.05) is 19.0 Å². The molecule has 2 aromatic carbocycles. The van der Waals surface area contributed by atoms with E-state index in [-0.39, 0.29) is 12.5 Å². The maximum Gasteiger partial charge on any atom is 0.263 e. The van der Waals surface area contributed by atoms with Gasteiger partial charge in [0.15, 0.2) is 6.61 Å². The van der Waals surface area contributed by atoms with E-state index in [9.17, 15) is 9.00 Å². The van der Waals surface area contributed by atoms with Crippen LogP contribution in [0.1, 0.15) is 11.3 Å². The molecule has 3 aromatic rings. The molecule has 0 radical (unpaired) electrons. The second-order valence-electron chi connectivity index (χ2n) is 6.40. The van der Waals surface area contributed by atoms with Crippen molar-refractivity contribution in [3.05, 3.63) is 64.8 Å². The number of rotatable bonds is 6. The highest BCUT2D eigenvalue weighted by atomic mass is 35.5. The zero-order valence-corrected chi connectivity index (χ0v) is 17.1. The molecule has 1 aromatic heterocycles. The molecule has 0 bridgehead atoms. The third kappa shape index (κ3) is 4.28. The maximum atomic E-state index is 12.5. The van der Waals surface area contributed by atoms with E-state index in [1.54, 1.807) is 36.1 Å². The minimum atomic E-state index is -1.01. The lowest BCUT2D eigenvalue weighted by molar-refractivity contribution is -0.118. The normalized spacial score (nSPS) is 15.0. The Morgan fingerprint density at radius 2 is 1.83 bits per heavy atom. The molecule has 0 saturated carbocycles. The number of hydrogen-bond acceptors (Lipinski definition) is 5. The summed E-state index contributed by atoms with van der Waals surface area (Å²) in [4.78, 5) is 12.5. The van der Waals surface area contributed by atoms with Crippen molar-refractivity contribution >= 4 is 34.1 Å². The molecule has 7 nitrogen and oxygen atoms in total. The van der Waals surface area contributed by atoms with Gasteiger partial charge in [-0.25, -0.2) is 4.68 Å². The van der Waals surface area contributed by atoms with Gasteiger partial charge in [-0.3, -0.25) is 9.00 Å². The van der Waals surface area contributed by atoms with Gasteiger partial charge in [0.05, 0.1) is 30.0 Å². The van der Waals surface area contributed by atoms with Crippen molar-refractivity contribution in [2.24, 2.45) is 0 Å². The highest BCUT2D eigenvalue weighted by Gasteiger charge is 2.28. The molecule has 150 valence electrons. The number of methoxy groups -OCH3 is 1. The molecule has 0 spiro atoms. The molecule has 0 unspecified atom stereocenters. The Hall–Kier alpha value is -2.84. The number of amides is 1. The molecule has 1 aliphatic heterocycles. The zero-order chi connectivity index (χ0) is 20.4. The molecule has 1 N–H and O–H groups in total. The van der Waals surface area contributed by atoms with Crippen LogP contribution >= 0.6 is 11.6 Å². The first-order valence-electron chi connectivity index (χ1n) is 8.82. The number of anilines is 1. The minimum absolute atomic E-state index is 0.173. The number of ether oxygens (including phenoxy) is 2. The predicted molar refractivity (Wildman–Crippen MR) is 111 cm³/mol. The Balaban J connectivity index is 1.55. The van der Waals surface area contributed by atoms with Crippen molar-refractivity contribution in [2.45, 2.75) is 11.5 Å². The summed E-state index contributed by atoms with van der Waals surface area (Å²) in [6, 6.07) is 14.1. The van der Waals surface area contributed by atoms with Crippen molar-refractivity contribution < 1.29 is 18.5 Å². The number of carbonyl (C=O) groups is 1. The number of fused-ring (bicyclic) bond motifs is 1. The first-order valence-corrected chi connectivity index (χ1v) is 10.7. The number of aromatic nitrogens is 2. The van der Waals surface area contributed by atoms with Crippen LogP contribution in [0.15, 0.2) is 48.5 Å². The Kier molecular flexibility index (Phi) is 5.55. The summed E-state index contributed by atoms with van der Waals surface area (Å²) in [5, 5.41) is 8.02. The zero-order valence-electron chi connectivity index (χ0n) is 15.6. The molecule has 4 rings (SSSR count). The molecule has 1 aliphatic rings. The first kappa shape index (κ1) is 19.5. The number of benzene rings is 2. The Bertz CT molecular complexity index is 1060. The Labute approximate surface area is 175 Å². The van der Waals surface area contributed by atoms with Crippen LogP contribution in [0.5, 0.6) is 11.5 Å². The van der Waals surface area contributed by atoms with Gasteiger partial charge >= 0.3 is 0 Å². The van der Waals surface area contributed by atoms with E-state index in [1.165, 1.54) is 0 Å². The van der Waals surface area contributed by atoms with Crippen LogP contribution < -0.4 is 14.8 Å². The number of nitrogens with zero attached hydrogens (tertiary/aromatic N) is 2. The van der Waals surface area contributed by atoms with E-state index in [0.717, 1.165) is 22.7 Å². The summed E-state index contributed by atoms with van der Waals surface area (Å²) < 4.78 is 24.3. The fourth-order valence-electron chi connectivity index (χ4n) is 3.01. The highest BCUT2D eigenvalue weighted by molar-refractivity contribution is 7.83. The van der Waals surface area contributed by atoms with Crippen molar-refractivity contribution in [1.29, 1.82) is 0 Å². The standard InChI is InChI=1S/C20H18ClN3O4S/c1-27-15-8-4-14(5-9-15)24-20(17-11-29(26)12-18(17)23-24)22-19(25)10-28-16-6-2-13(21)3-7-16/h2-9H,10-12H2,1H3,(H,22,25)/t29-/m1/s1. The molecule has 29 heavy (non-hydrogen) atoms. The smallest absolute Gasteiger partial charge is 0.263 e. The average Bonchev–Trinajstić information content (AvgIpc) is 3.24. The monoisotopic (exact) mass is 431 g/mol. The summed E-state index contributed by atoms with van der Waals surface area (Å²) in [7, 11) is 0.587.